The number of rotatable bonds is 7. The van der Waals surface area contributed by atoms with Crippen molar-refractivity contribution in [2.24, 2.45) is 5.73 Å². The lowest BCUT2D eigenvalue weighted by molar-refractivity contribution is -0.131. The lowest BCUT2D eigenvalue weighted by Crippen LogP contribution is -2.51. The second-order valence-electron chi connectivity index (χ2n) is 5.60. The van der Waals surface area contributed by atoms with Gasteiger partial charge in [-0.1, -0.05) is 6.07 Å². The normalized spacial score (nSPS) is 20.6. The van der Waals surface area contributed by atoms with Crippen LogP contribution in [0.1, 0.15) is 18.4 Å². The van der Waals surface area contributed by atoms with E-state index < -0.39 is 17.5 Å². The van der Waals surface area contributed by atoms with Crippen LogP contribution < -0.4 is 11.1 Å². The molecule has 132 valence electrons. The maximum Gasteiger partial charge on any atom is 0.243 e. The van der Waals surface area contributed by atoms with E-state index >= 15 is 0 Å². The summed E-state index contributed by atoms with van der Waals surface area (Å²) >= 11 is 0. The average Bonchev–Trinajstić information content (AvgIpc) is 2.55. The molecule has 0 saturated carbocycles. The molecule has 3 N–H and O–H groups in total. The Labute approximate surface area is 138 Å². The highest BCUT2D eigenvalue weighted by Crippen LogP contribution is 2.13. The number of halogens is 2. The van der Waals surface area contributed by atoms with E-state index in [2.05, 4.69) is 5.32 Å². The number of hydrogen-bond acceptors (Lipinski definition) is 4. The van der Waals surface area contributed by atoms with Gasteiger partial charge in [-0.15, -0.1) is 0 Å². The van der Waals surface area contributed by atoms with Crippen molar-refractivity contribution in [2.75, 3.05) is 19.8 Å². The fourth-order valence-corrected chi connectivity index (χ4v) is 2.47. The molecular weight excluding hydrogens is 322 g/mol. The van der Waals surface area contributed by atoms with E-state index in [1.54, 1.807) is 0 Å². The first-order valence-electron chi connectivity index (χ1n) is 7.66. The van der Waals surface area contributed by atoms with Gasteiger partial charge in [0.25, 0.3) is 0 Å². The van der Waals surface area contributed by atoms with E-state index in [0.717, 1.165) is 12.1 Å². The minimum absolute atomic E-state index is 0.115. The Morgan fingerprint density at radius 1 is 1.33 bits per heavy atom. The van der Waals surface area contributed by atoms with Gasteiger partial charge in [0.15, 0.2) is 11.6 Å². The number of carbonyl (C=O) groups excluding carboxylic acids is 2. The first-order valence-corrected chi connectivity index (χ1v) is 7.66. The van der Waals surface area contributed by atoms with Crippen molar-refractivity contribution >= 4 is 11.8 Å². The fourth-order valence-electron chi connectivity index (χ4n) is 2.47. The predicted molar refractivity (Wildman–Crippen MR) is 81.0 cm³/mol. The molecule has 2 atom stereocenters. The first kappa shape index (κ1) is 18.3. The standard InChI is InChI=1S/C16H20F2N2O4/c17-11-3-1-10(7-12(11)18)2-4-16(22)20-13-8-23-6-5-14(13)24-9-15(19)21/h1,3,7,13-14H,2,4-6,8-9H2,(H2,19,21)(H,20,22)/t13-,14+/m0/s1. The van der Waals surface area contributed by atoms with Crippen molar-refractivity contribution in [1.29, 1.82) is 0 Å². The molecule has 0 aliphatic carbocycles. The Bertz CT molecular complexity index is 597. The molecule has 6 nitrogen and oxygen atoms in total. The second kappa shape index (κ2) is 8.70. The number of carbonyl (C=O) groups is 2. The predicted octanol–water partition coefficient (Wildman–Crippen LogP) is 0.673. The van der Waals surface area contributed by atoms with Crippen LogP contribution in [0.25, 0.3) is 0 Å². The van der Waals surface area contributed by atoms with Gasteiger partial charge in [0, 0.05) is 13.0 Å². The Morgan fingerprint density at radius 2 is 2.12 bits per heavy atom. The zero-order valence-corrected chi connectivity index (χ0v) is 13.1. The number of nitrogens with one attached hydrogen (secondary N) is 1. The van der Waals surface area contributed by atoms with E-state index in [9.17, 15) is 18.4 Å². The third kappa shape index (κ3) is 5.54. The molecule has 1 aromatic rings. The summed E-state index contributed by atoms with van der Waals surface area (Å²) in [6.45, 7) is 0.539. The molecule has 1 saturated heterocycles. The summed E-state index contributed by atoms with van der Waals surface area (Å²) in [5, 5.41) is 2.78. The van der Waals surface area contributed by atoms with Gasteiger partial charge < -0.3 is 20.5 Å². The third-order valence-electron chi connectivity index (χ3n) is 3.70. The molecule has 2 amide bonds. The Hall–Kier alpha value is -2.06. The molecule has 1 fully saturated rings. The lowest BCUT2D eigenvalue weighted by Gasteiger charge is -2.31. The molecule has 0 spiro atoms. The van der Waals surface area contributed by atoms with Crippen LogP contribution in [0, 0.1) is 11.6 Å². The summed E-state index contributed by atoms with van der Waals surface area (Å²) in [6, 6.07) is 3.17. The molecule has 2 rings (SSSR count). The molecule has 1 aliphatic heterocycles. The summed E-state index contributed by atoms with van der Waals surface area (Å²) in [4.78, 5) is 22.8. The molecule has 1 heterocycles. The second-order valence-corrected chi connectivity index (χ2v) is 5.60. The van der Waals surface area contributed by atoms with Gasteiger partial charge in [-0.2, -0.15) is 0 Å². The average molecular weight is 342 g/mol. The SMILES string of the molecule is NC(=O)CO[C@@H]1CCOC[C@@H]1NC(=O)CCc1ccc(F)c(F)c1. The van der Waals surface area contributed by atoms with Crippen LogP contribution in [0.2, 0.25) is 0 Å². The van der Waals surface area contributed by atoms with Crippen molar-refractivity contribution in [3.63, 3.8) is 0 Å². The van der Waals surface area contributed by atoms with Gasteiger partial charge in [0.2, 0.25) is 11.8 Å². The van der Waals surface area contributed by atoms with Crippen molar-refractivity contribution in [2.45, 2.75) is 31.4 Å². The molecule has 8 heteroatoms. The summed E-state index contributed by atoms with van der Waals surface area (Å²) < 4.78 is 36.7. The van der Waals surface area contributed by atoms with E-state index in [4.69, 9.17) is 15.2 Å². The minimum atomic E-state index is -0.937. The minimum Gasteiger partial charge on any atom is -0.379 e. The zero-order chi connectivity index (χ0) is 17.5. The summed E-state index contributed by atoms with van der Waals surface area (Å²) in [6.07, 6.45) is 0.591. The Kier molecular flexibility index (Phi) is 6.62. The van der Waals surface area contributed by atoms with Crippen LogP contribution in [0.3, 0.4) is 0 Å². The molecule has 1 aliphatic rings. The quantitative estimate of drug-likeness (QED) is 0.762. The molecular formula is C16H20F2N2O4. The van der Waals surface area contributed by atoms with Gasteiger partial charge in [0.1, 0.15) is 6.61 Å². The maximum atomic E-state index is 13.1. The summed E-state index contributed by atoms with van der Waals surface area (Å²) in [5.41, 5.74) is 5.58. The zero-order valence-electron chi connectivity index (χ0n) is 13.1. The summed E-state index contributed by atoms with van der Waals surface area (Å²) in [5.74, 6) is -2.70. The number of primary amides is 1. The molecule has 1 aromatic carbocycles. The highest BCUT2D eigenvalue weighted by atomic mass is 19.2. The van der Waals surface area contributed by atoms with Crippen LogP contribution in [-0.2, 0) is 25.5 Å². The van der Waals surface area contributed by atoms with Crippen LogP contribution >= 0.6 is 0 Å². The largest absolute Gasteiger partial charge is 0.379 e. The molecule has 0 unspecified atom stereocenters. The van der Waals surface area contributed by atoms with Crippen molar-refractivity contribution < 1.29 is 27.8 Å². The smallest absolute Gasteiger partial charge is 0.243 e. The van der Waals surface area contributed by atoms with E-state index in [0.29, 0.717) is 18.6 Å². The van der Waals surface area contributed by atoms with Crippen LogP contribution in [0.15, 0.2) is 18.2 Å². The highest BCUT2D eigenvalue weighted by molar-refractivity contribution is 5.76. The third-order valence-corrected chi connectivity index (χ3v) is 3.70. The van der Waals surface area contributed by atoms with Crippen LogP contribution in [0.4, 0.5) is 8.78 Å². The van der Waals surface area contributed by atoms with E-state index in [-0.39, 0.29) is 44.1 Å². The van der Waals surface area contributed by atoms with Gasteiger partial charge in [-0.25, -0.2) is 8.78 Å². The number of aryl methyl sites for hydroxylation is 1. The molecule has 0 bridgehead atoms. The number of hydrogen-bond donors (Lipinski definition) is 2. The van der Waals surface area contributed by atoms with Gasteiger partial charge in [-0.3, -0.25) is 9.59 Å². The topological polar surface area (TPSA) is 90.7 Å². The van der Waals surface area contributed by atoms with Crippen molar-refractivity contribution in [1.82, 2.24) is 5.32 Å². The Balaban J connectivity index is 1.82. The van der Waals surface area contributed by atoms with Crippen LogP contribution in [0.5, 0.6) is 0 Å². The van der Waals surface area contributed by atoms with Crippen molar-refractivity contribution in [3.05, 3.63) is 35.4 Å². The van der Waals surface area contributed by atoms with Crippen molar-refractivity contribution in [3.8, 4) is 0 Å². The van der Waals surface area contributed by atoms with Crippen LogP contribution in [-0.4, -0.2) is 43.8 Å². The molecule has 0 radical (unpaired) electrons. The maximum absolute atomic E-state index is 13.1. The number of benzene rings is 1. The van der Waals surface area contributed by atoms with Gasteiger partial charge >= 0.3 is 0 Å². The molecule has 24 heavy (non-hydrogen) atoms. The summed E-state index contributed by atoms with van der Waals surface area (Å²) in [7, 11) is 0. The van der Waals surface area contributed by atoms with E-state index in [1.807, 2.05) is 0 Å². The lowest BCUT2D eigenvalue weighted by atomic mass is 10.1. The van der Waals surface area contributed by atoms with Gasteiger partial charge in [-0.05, 0) is 30.5 Å². The number of ether oxygens (including phenoxy) is 2. The molecule has 0 aromatic heterocycles. The number of nitrogens with two attached hydrogens (primary N) is 1. The van der Waals surface area contributed by atoms with Gasteiger partial charge in [0.05, 0.1) is 18.8 Å². The monoisotopic (exact) mass is 342 g/mol. The first-order chi connectivity index (χ1) is 11.5. The fraction of sp³-hybridized carbons (Fsp3) is 0.500. The Morgan fingerprint density at radius 3 is 2.83 bits per heavy atom. The highest BCUT2D eigenvalue weighted by Gasteiger charge is 2.28. The van der Waals surface area contributed by atoms with E-state index in [1.165, 1.54) is 6.07 Å². The number of amides is 2.